The summed E-state index contributed by atoms with van der Waals surface area (Å²) in [5.41, 5.74) is 1.16. The van der Waals surface area contributed by atoms with Crippen molar-refractivity contribution in [3.63, 3.8) is 0 Å². The Morgan fingerprint density at radius 3 is 2.65 bits per heavy atom. The van der Waals surface area contributed by atoms with Crippen LogP contribution in [0.1, 0.15) is 26.2 Å². The zero-order valence-corrected chi connectivity index (χ0v) is 12.1. The molecule has 0 heterocycles. The fourth-order valence-corrected chi connectivity index (χ4v) is 2.01. The number of nitrogens with one attached hydrogen (secondary N) is 3. The maximum absolute atomic E-state index is 11.7. The monoisotopic (exact) mass is 295 g/mol. The van der Waals surface area contributed by atoms with Gasteiger partial charge in [0.25, 0.3) is 0 Å². The van der Waals surface area contributed by atoms with E-state index in [2.05, 4.69) is 16.0 Å². The number of carbonyl (C=O) groups is 2. The largest absolute Gasteiger partial charge is 0.326 e. The third-order valence-electron chi connectivity index (χ3n) is 2.93. The molecule has 1 saturated carbocycles. The summed E-state index contributed by atoms with van der Waals surface area (Å²) in [5, 5.41) is 9.07. The first-order chi connectivity index (χ1) is 9.54. The van der Waals surface area contributed by atoms with Crippen molar-refractivity contribution in [2.24, 2.45) is 0 Å². The lowest BCUT2D eigenvalue weighted by Gasteiger charge is -2.09. The number of anilines is 2. The van der Waals surface area contributed by atoms with E-state index in [1.165, 1.54) is 19.8 Å². The molecule has 0 radical (unpaired) electrons. The van der Waals surface area contributed by atoms with E-state index in [9.17, 15) is 9.59 Å². The zero-order chi connectivity index (χ0) is 14.5. The first-order valence-corrected chi connectivity index (χ1v) is 7.03. The SMILES string of the molecule is CC(=O)Nc1ccc(NC(=O)CCNC2CC2)cc1Cl. The molecule has 20 heavy (non-hydrogen) atoms. The Hall–Kier alpha value is -1.59. The average Bonchev–Trinajstić information content (AvgIpc) is 3.16. The second-order valence-electron chi connectivity index (χ2n) is 4.90. The van der Waals surface area contributed by atoms with Crippen molar-refractivity contribution >= 4 is 34.8 Å². The maximum atomic E-state index is 11.7. The zero-order valence-electron chi connectivity index (χ0n) is 11.3. The van der Waals surface area contributed by atoms with Crippen LogP contribution in [0.4, 0.5) is 11.4 Å². The number of rotatable bonds is 6. The van der Waals surface area contributed by atoms with Crippen molar-refractivity contribution in [1.82, 2.24) is 5.32 Å². The number of hydrogen-bond acceptors (Lipinski definition) is 3. The minimum Gasteiger partial charge on any atom is -0.326 e. The molecule has 5 nitrogen and oxygen atoms in total. The van der Waals surface area contributed by atoms with Crippen molar-refractivity contribution < 1.29 is 9.59 Å². The molecule has 0 saturated heterocycles. The van der Waals surface area contributed by atoms with Crippen LogP contribution in [0, 0.1) is 0 Å². The van der Waals surface area contributed by atoms with Gasteiger partial charge in [-0.25, -0.2) is 0 Å². The average molecular weight is 296 g/mol. The van der Waals surface area contributed by atoms with Crippen LogP contribution in [0.3, 0.4) is 0 Å². The van der Waals surface area contributed by atoms with E-state index >= 15 is 0 Å². The van der Waals surface area contributed by atoms with E-state index < -0.39 is 0 Å². The quantitative estimate of drug-likeness (QED) is 0.754. The molecule has 2 amide bonds. The summed E-state index contributed by atoms with van der Waals surface area (Å²) in [6.07, 6.45) is 2.85. The Bertz CT molecular complexity index is 515. The van der Waals surface area contributed by atoms with Crippen molar-refractivity contribution in [2.75, 3.05) is 17.2 Å². The highest BCUT2D eigenvalue weighted by Crippen LogP contribution is 2.25. The maximum Gasteiger partial charge on any atom is 0.225 e. The van der Waals surface area contributed by atoms with Crippen LogP contribution in [-0.2, 0) is 9.59 Å². The van der Waals surface area contributed by atoms with Crippen LogP contribution in [0.15, 0.2) is 18.2 Å². The summed E-state index contributed by atoms with van der Waals surface area (Å²) in [6.45, 7) is 2.10. The standard InChI is InChI=1S/C14H18ClN3O2/c1-9(19)17-13-5-4-11(8-12(13)15)18-14(20)6-7-16-10-2-3-10/h4-5,8,10,16H,2-3,6-7H2,1H3,(H,17,19)(H,18,20). The molecule has 0 unspecified atom stereocenters. The predicted octanol–water partition coefficient (Wildman–Crippen LogP) is 2.38. The van der Waals surface area contributed by atoms with E-state index in [4.69, 9.17) is 11.6 Å². The second kappa shape index (κ2) is 6.72. The molecule has 1 aliphatic carbocycles. The van der Waals surface area contributed by atoms with Crippen LogP contribution >= 0.6 is 11.6 Å². The highest BCUT2D eigenvalue weighted by Gasteiger charge is 2.20. The van der Waals surface area contributed by atoms with Crippen LogP contribution in [0.25, 0.3) is 0 Å². The second-order valence-corrected chi connectivity index (χ2v) is 5.31. The van der Waals surface area contributed by atoms with Gasteiger partial charge in [0.1, 0.15) is 0 Å². The van der Waals surface area contributed by atoms with Gasteiger partial charge in [0.15, 0.2) is 0 Å². The van der Waals surface area contributed by atoms with Gasteiger partial charge >= 0.3 is 0 Å². The lowest BCUT2D eigenvalue weighted by molar-refractivity contribution is -0.116. The molecule has 0 spiro atoms. The third-order valence-corrected chi connectivity index (χ3v) is 3.24. The first kappa shape index (κ1) is 14.8. The van der Waals surface area contributed by atoms with Gasteiger partial charge in [-0.05, 0) is 31.0 Å². The molecule has 6 heteroatoms. The molecular weight excluding hydrogens is 278 g/mol. The molecule has 0 atom stereocenters. The fraction of sp³-hybridized carbons (Fsp3) is 0.429. The van der Waals surface area contributed by atoms with Crippen LogP contribution in [0.2, 0.25) is 5.02 Å². The number of carbonyl (C=O) groups excluding carboxylic acids is 2. The first-order valence-electron chi connectivity index (χ1n) is 6.65. The molecule has 1 fully saturated rings. The highest BCUT2D eigenvalue weighted by atomic mass is 35.5. The molecule has 0 bridgehead atoms. The molecule has 108 valence electrons. The molecule has 1 aromatic carbocycles. The predicted molar refractivity (Wildman–Crippen MR) is 80.0 cm³/mol. The number of halogens is 1. The Kier molecular flexibility index (Phi) is 4.98. The topological polar surface area (TPSA) is 70.2 Å². The van der Waals surface area contributed by atoms with E-state index in [1.54, 1.807) is 18.2 Å². The van der Waals surface area contributed by atoms with E-state index in [-0.39, 0.29) is 11.8 Å². The van der Waals surface area contributed by atoms with E-state index in [1.807, 2.05) is 0 Å². The van der Waals surface area contributed by atoms with Crippen LogP contribution in [0.5, 0.6) is 0 Å². The molecular formula is C14H18ClN3O2. The summed E-state index contributed by atoms with van der Waals surface area (Å²) in [7, 11) is 0. The molecule has 2 rings (SSSR count). The third kappa shape index (κ3) is 4.83. The Morgan fingerprint density at radius 1 is 1.30 bits per heavy atom. The Labute approximate surface area is 123 Å². The normalized spacial score (nSPS) is 13.9. The summed E-state index contributed by atoms with van der Waals surface area (Å²) in [4.78, 5) is 22.7. The van der Waals surface area contributed by atoms with Gasteiger partial charge in [-0.15, -0.1) is 0 Å². The van der Waals surface area contributed by atoms with Gasteiger partial charge in [-0.3, -0.25) is 9.59 Å². The lowest BCUT2D eigenvalue weighted by atomic mass is 10.2. The van der Waals surface area contributed by atoms with Gasteiger partial charge in [-0.2, -0.15) is 0 Å². The van der Waals surface area contributed by atoms with Gasteiger partial charge < -0.3 is 16.0 Å². The van der Waals surface area contributed by atoms with Crippen LogP contribution < -0.4 is 16.0 Å². The summed E-state index contributed by atoms with van der Waals surface area (Å²) in [5.74, 6) is -0.240. The van der Waals surface area contributed by atoms with E-state index in [0.717, 1.165) is 0 Å². The number of amides is 2. The van der Waals surface area contributed by atoms with E-state index in [0.29, 0.717) is 35.4 Å². The Morgan fingerprint density at radius 2 is 2.05 bits per heavy atom. The molecule has 0 aliphatic heterocycles. The van der Waals surface area contributed by atoms with Crippen molar-refractivity contribution in [3.8, 4) is 0 Å². The van der Waals surface area contributed by atoms with Crippen LogP contribution in [-0.4, -0.2) is 24.4 Å². The molecule has 1 aliphatic rings. The minimum absolute atomic E-state index is 0.0542. The smallest absolute Gasteiger partial charge is 0.225 e. The van der Waals surface area contributed by atoms with Gasteiger partial charge in [-0.1, -0.05) is 11.6 Å². The molecule has 3 N–H and O–H groups in total. The van der Waals surface area contributed by atoms with Crippen molar-refractivity contribution in [3.05, 3.63) is 23.2 Å². The summed E-state index contributed by atoms with van der Waals surface area (Å²) >= 11 is 6.03. The van der Waals surface area contributed by atoms with Gasteiger partial charge in [0, 0.05) is 31.6 Å². The molecule has 0 aromatic heterocycles. The lowest BCUT2D eigenvalue weighted by Crippen LogP contribution is -2.23. The Balaban J connectivity index is 1.83. The highest BCUT2D eigenvalue weighted by molar-refractivity contribution is 6.34. The number of benzene rings is 1. The minimum atomic E-state index is -0.185. The fourth-order valence-electron chi connectivity index (χ4n) is 1.78. The molecule has 1 aromatic rings. The van der Waals surface area contributed by atoms with Crippen molar-refractivity contribution in [1.29, 1.82) is 0 Å². The summed E-state index contributed by atoms with van der Waals surface area (Å²) in [6, 6.07) is 5.61. The van der Waals surface area contributed by atoms with Gasteiger partial charge in [0.2, 0.25) is 11.8 Å². The van der Waals surface area contributed by atoms with Gasteiger partial charge in [0.05, 0.1) is 10.7 Å². The number of hydrogen-bond donors (Lipinski definition) is 3. The summed E-state index contributed by atoms with van der Waals surface area (Å²) < 4.78 is 0. The van der Waals surface area contributed by atoms with Crippen molar-refractivity contribution in [2.45, 2.75) is 32.2 Å².